The Labute approximate surface area is 56.1 Å². The van der Waals surface area contributed by atoms with Crippen molar-refractivity contribution >= 4 is 0 Å². The van der Waals surface area contributed by atoms with Crippen LogP contribution in [-0.4, -0.2) is 12.6 Å². The minimum atomic E-state index is 0.318. The molecule has 0 aromatic heterocycles. The first kappa shape index (κ1) is 6.62. The summed E-state index contributed by atoms with van der Waals surface area (Å²) in [5.41, 5.74) is 6.85. The fourth-order valence-corrected chi connectivity index (χ4v) is 1.01. The summed E-state index contributed by atoms with van der Waals surface area (Å²) in [6.45, 7) is 6.95. The monoisotopic (exact) mass is 126 g/mol. The molecular weight excluding hydrogens is 112 g/mol. The molecular formula is C7H14N2. The summed E-state index contributed by atoms with van der Waals surface area (Å²) in [6.07, 6.45) is 0.932. The average molecular weight is 126 g/mol. The van der Waals surface area contributed by atoms with Gasteiger partial charge in [-0.2, -0.15) is 0 Å². The van der Waals surface area contributed by atoms with Crippen LogP contribution in [-0.2, 0) is 0 Å². The summed E-state index contributed by atoms with van der Waals surface area (Å²) in [4.78, 5) is 0. The van der Waals surface area contributed by atoms with Crippen LogP contribution < -0.4 is 11.1 Å². The van der Waals surface area contributed by atoms with E-state index in [4.69, 9.17) is 5.73 Å². The third-order valence-electron chi connectivity index (χ3n) is 1.89. The Kier molecular flexibility index (Phi) is 1.76. The molecule has 2 heteroatoms. The number of nitrogens with two attached hydrogens (primary N) is 1. The highest BCUT2D eigenvalue weighted by Crippen LogP contribution is 2.12. The molecule has 1 aliphatic heterocycles. The second-order valence-corrected chi connectivity index (χ2v) is 2.83. The molecule has 52 valence electrons. The van der Waals surface area contributed by atoms with Crippen molar-refractivity contribution in [3.8, 4) is 0 Å². The summed E-state index contributed by atoms with van der Waals surface area (Å²) in [6, 6.07) is 0.318. The Balaban J connectivity index is 2.44. The molecule has 2 unspecified atom stereocenters. The Morgan fingerprint density at radius 2 is 2.44 bits per heavy atom. The van der Waals surface area contributed by atoms with Crippen LogP contribution in [0.3, 0.4) is 0 Å². The number of rotatable bonds is 0. The topological polar surface area (TPSA) is 38.0 Å². The van der Waals surface area contributed by atoms with Gasteiger partial charge in [0.2, 0.25) is 0 Å². The second-order valence-electron chi connectivity index (χ2n) is 2.83. The van der Waals surface area contributed by atoms with Gasteiger partial charge < -0.3 is 11.1 Å². The third kappa shape index (κ3) is 1.45. The predicted octanol–water partition coefficient (Wildman–Crippen LogP) is 0.457. The van der Waals surface area contributed by atoms with E-state index in [1.165, 1.54) is 0 Å². The van der Waals surface area contributed by atoms with Crippen molar-refractivity contribution in [3.63, 3.8) is 0 Å². The third-order valence-corrected chi connectivity index (χ3v) is 1.89. The van der Waals surface area contributed by atoms with Crippen molar-refractivity contribution in [1.82, 2.24) is 5.32 Å². The van der Waals surface area contributed by atoms with Crippen molar-refractivity contribution in [1.29, 1.82) is 0 Å². The minimum Gasteiger partial charge on any atom is -0.388 e. The molecule has 3 N–H and O–H groups in total. The van der Waals surface area contributed by atoms with Crippen molar-refractivity contribution < 1.29 is 0 Å². The van der Waals surface area contributed by atoms with Crippen LogP contribution in [0.25, 0.3) is 0 Å². The predicted molar refractivity (Wildman–Crippen MR) is 38.9 cm³/mol. The van der Waals surface area contributed by atoms with Gasteiger partial charge >= 0.3 is 0 Å². The largest absolute Gasteiger partial charge is 0.388 e. The molecule has 0 amide bonds. The molecule has 0 radical (unpaired) electrons. The van der Waals surface area contributed by atoms with Gasteiger partial charge in [-0.05, 0) is 5.92 Å². The first-order valence-electron chi connectivity index (χ1n) is 3.37. The number of nitrogens with one attached hydrogen (secondary N) is 1. The molecule has 0 aromatic rings. The van der Waals surface area contributed by atoms with Crippen LogP contribution in [0.4, 0.5) is 0 Å². The van der Waals surface area contributed by atoms with Gasteiger partial charge in [-0.15, -0.1) is 0 Å². The van der Waals surface area contributed by atoms with Crippen molar-refractivity contribution in [2.45, 2.75) is 19.4 Å². The molecule has 9 heavy (non-hydrogen) atoms. The molecule has 1 fully saturated rings. The fourth-order valence-electron chi connectivity index (χ4n) is 1.01. The molecule has 2 nitrogen and oxygen atoms in total. The van der Waals surface area contributed by atoms with E-state index in [0.717, 1.165) is 18.7 Å². The number of piperidine rings is 1. The van der Waals surface area contributed by atoms with E-state index in [0.29, 0.717) is 12.0 Å². The Bertz CT molecular complexity index is 120. The first-order valence-corrected chi connectivity index (χ1v) is 3.37. The lowest BCUT2D eigenvalue weighted by Crippen LogP contribution is -2.41. The summed E-state index contributed by atoms with van der Waals surface area (Å²) >= 11 is 0. The average Bonchev–Trinajstić information content (AvgIpc) is 1.80. The summed E-state index contributed by atoms with van der Waals surface area (Å²) in [5.74, 6) is 0.593. The first-order chi connectivity index (χ1) is 4.20. The van der Waals surface area contributed by atoms with E-state index in [1.807, 2.05) is 0 Å². The highest BCUT2D eigenvalue weighted by Gasteiger charge is 2.18. The van der Waals surface area contributed by atoms with E-state index < -0.39 is 0 Å². The van der Waals surface area contributed by atoms with Gasteiger partial charge in [-0.3, -0.25) is 0 Å². The van der Waals surface area contributed by atoms with Crippen molar-refractivity contribution in [3.05, 3.63) is 12.3 Å². The highest BCUT2D eigenvalue weighted by atomic mass is 14.9. The van der Waals surface area contributed by atoms with Crippen LogP contribution in [0.15, 0.2) is 12.3 Å². The van der Waals surface area contributed by atoms with Gasteiger partial charge in [0.05, 0.1) is 0 Å². The van der Waals surface area contributed by atoms with Gasteiger partial charge in [0.15, 0.2) is 0 Å². The summed E-state index contributed by atoms with van der Waals surface area (Å²) in [7, 11) is 0. The second kappa shape index (κ2) is 2.40. The number of hydrogen-bond acceptors (Lipinski definition) is 2. The molecule has 0 aromatic carbocycles. The van der Waals surface area contributed by atoms with Crippen LogP contribution in [0, 0.1) is 5.92 Å². The van der Waals surface area contributed by atoms with Crippen LogP contribution >= 0.6 is 0 Å². The smallest absolute Gasteiger partial charge is 0.0184 e. The lowest BCUT2D eigenvalue weighted by molar-refractivity contribution is 0.387. The van der Waals surface area contributed by atoms with E-state index in [2.05, 4.69) is 18.8 Å². The van der Waals surface area contributed by atoms with Crippen LogP contribution in [0.5, 0.6) is 0 Å². The molecule has 1 rings (SSSR count). The Hall–Kier alpha value is -0.500. The molecule has 1 aliphatic rings. The zero-order chi connectivity index (χ0) is 6.85. The van der Waals surface area contributed by atoms with Gasteiger partial charge in [0, 0.05) is 24.7 Å². The Morgan fingerprint density at radius 3 is 2.89 bits per heavy atom. The fraction of sp³-hybridized carbons (Fsp3) is 0.714. The lowest BCUT2D eigenvalue weighted by atomic mass is 9.95. The van der Waals surface area contributed by atoms with Gasteiger partial charge in [0.25, 0.3) is 0 Å². The molecule has 0 saturated carbocycles. The SMILES string of the molecule is C=C1CC(N)C(C)CN1. The van der Waals surface area contributed by atoms with Crippen molar-refractivity contribution in [2.75, 3.05) is 6.54 Å². The Morgan fingerprint density at radius 1 is 1.78 bits per heavy atom. The molecule has 0 bridgehead atoms. The zero-order valence-electron chi connectivity index (χ0n) is 5.85. The van der Waals surface area contributed by atoms with Crippen LogP contribution in [0.1, 0.15) is 13.3 Å². The summed E-state index contributed by atoms with van der Waals surface area (Å²) in [5, 5.41) is 3.19. The van der Waals surface area contributed by atoms with Crippen molar-refractivity contribution in [2.24, 2.45) is 11.7 Å². The van der Waals surface area contributed by atoms with E-state index in [-0.39, 0.29) is 0 Å². The van der Waals surface area contributed by atoms with Gasteiger partial charge in [0.1, 0.15) is 0 Å². The lowest BCUT2D eigenvalue weighted by Gasteiger charge is -2.28. The standard InChI is InChI=1S/C7H14N2/c1-5-4-9-6(2)3-7(5)8/h5,7,9H,2-4,8H2,1H3. The zero-order valence-corrected chi connectivity index (χ0v) is 5.85. The van der Waals surface area contributed by atoms with Gasteiger partial charge in [-0.25, -0.2) is 0 Å². The normalized spacial score (nSPS) is 36.0. The van der Waals surface area contributed by atoms with Gasteiger partial charge in [-0.1, -0.05) is 13.5 Å². The maximum atomic E-state index is 5.77. The number of hydrogen-bond donors (Lipinski definition) is 2. The maximum Gasteiger partial charge on any atom is 0.0184 e. The van der Waals surface area contributed by atoms with E-state index >= 15 is 0 Å². The maximum absolute atomic E-state index is 5.77. The van der Waals surface area contributed by atoms with Crippen LogP contribution in [0.2, 0.25) is 0 Å². The highest BCUT2D eigenvalue weighted by molar-refractivity contribution is 5.00. The molecule has 0 aliphatic carbocycles. The molecule has 2 atom stereocenters. The molecule has 0 spiro atoms. The quantitative estimate of drug-likeness (QED) is 0.495. The van der Waals surface area contributed by atoms with E-state index in [1.54, 1.807) is 0 Å². The summed E-state index contributed by atoms with van der Waals surface area (Å²) < 4.78 is 0. The molecule has 1 heterocycles. The molecule has 1 saturated heterocycles. The minimum absolute atomic E-state index is 0.318. The van der Waals surface area contributed by atoms with E-state index in [9.17, 15) is 0 Å².